The van der Waals surface area contributed by atoms with Crippen molar-refractivity contribution in [3.05, 3.63) is 35.9 Å². The highest BCUT2D eigenvalue weighted by molar-refractivity contribution is 5.79. The average Bonchev–Trinajstić information content (AvgIpc) is 3.10. The summed E-state index contributed by atoms with van der Waals surface area (Å²) >= 11 is 0. The van der Waals surface area contributed by atoms with Crippen molar-refractivity contribution in [1.29, 1.82) is 0 Å². The Bertz CT molecular complexity index is 449. The number of benzene rings is 1. The number of ether oxygens (including phenoxy) is 1. The molecule has 2 aliphatic carbocycles. The molecule has 0 aromatic heterocycles. The Hall–Kier alpha value is -1.35. The van der Waals surface area contributed by atoms with Crippen molar-refractivity contribution < 1.29 is 9.53 Å². The highest BCUT2D eigenvalue weighted by Gasteiger charge is 2.48. The van der Waals surface area contributed by atoms with Gasteiger partial charge in [-0.25, -0.2) is 0 Å². The van der Waals surface area contributed by atoms with Crippen LogP contribution in [0, 0.1) is 17.8 Å². The van der Waals surface area contributed by atoms with Gasteiger partial charge in [0.2, 0.25) is 5.91 Å². The van der Waals surface area contributed by atoms with Crippen LogP contribution in [0.3, 0.4) is 0 Å². The Kier molecular flexibility index (Phi) is 4.06. The molecule has 2 saturated carbocycles. The van der Waals surface area contributed by atoms with Gasteiger partial charge >= 0.3 is 0 Å². The molecule has 2 unspecified atom stereocenters. The Morgan fingerprint density at radius 3 is 2.55 bits per heavy atom. The number of fused-ring (bicyclic) bond motifs is 1. The molecule has 0 aliphatic heterocycles. The van der Waals surface area contributed by atoms with E-state index in [1.807, 2.05) is 23.1 Å². The highest BCUT2D eigenvalue weighted by atomic mass is 16.5. The van der Waals surface area contributed by atoms with Gasteiger partial charge in [0.15, 0.2) is 0 Å². The summed E-state index contributed by atoms with van der Waals surface area (Å²) in [6.07, 6.45) is 3.59. The summed E-state index contributed by atoms with van der Waals surface area (Å²) in [4.78, 5) is 14.7. The monoisotopic (exact) mass is 273 g/mol. The lowest BCUT2D eigenvalue weighted by atomic mass is 10.0. The van der Waals surface area contributed by atoms with E-state index in [1.54, 1.807) is 7.11 Å². The Balaban J connectivity index is 1.63. The summed E-state index contributed by atoms with van der Waals surface area (Å²) in [5, 5.41) is 0. The van der Waals surface area contributed by atoms with E-state index in [4.69, 9.17) is 4.74 Å². The van der Waals surface area contributed by atoms with Gasteiger partial charge in [0.25, 0.3) is 0 Å². The van der Waals surface area contributed by atoms with Crippen LogP contribution >= 0.6 is 0 Å². The average molecular weight is 273 g/mol. The second-order valence-corrected chi connectivity index (χ2v) is 6.16. The molecule has 3 heteroatoms. The first-order valence-corrected chi connectivity index (χ1v) is 7.59. The quantitative estimate of drug-likeness (QED) is 0.797. The molecule has 0 spiro atoms. The molecule has 108 valence electrons. The van der Waals surface area contributed by atoms with Gasteiger partial charge in [-0.2, -0.15) is 0 Å². The largest absolute Gasteiger partial charge is 0.383 e. The van der Waals surface area contributed by atoms with Crippen molar-refractivity contribution in [2.75, 3.05) is 20.3 Å². The predicted molar refractivity (Wildman–Crippen MR) is 78.1 cm³/mol. The summed E-state index contributed by atoms with van der Waals surface area (Å²) in [5.41, 5.74) is 1.19. The first kappa shape index (κ1) is 13.6. The first-order chi connectivity index (χ1) is 9.78. The van der Waals surface area contributed by atoms with E-state index in [9.17, 15) is 4.79 Å². The van der Waals surface area contributed by atoms with Crippen LogP contribution in [0.5, 0.6) is 0 Å². The van der Waals surface area contributed by atoms with Crippen molar-refractivity contribution in [1.82, 2.24) is 4.90 Å². The molecule has 0 bridgehead atoms. The van der Waals surface area contributed by atoms with E-state index < -0.39 is 0 Å². The van der Waals surface area contributed by atoms with Gasteiger partial charge in [-0.3, -0.25) is 4.79 Å². The van der Waals surface area contributed by atoms with Crippen LogP contribution in [0.15, 0.2) is 30.3 Å². The normalized spacial score (nSPS) is 27.1. The third-order valence-electron chi connectivity index (χ3n) is 4.69. The molecule has 2 atom stereocenters. The molecule has 3 nitrogen and oxygen atoms in total. The van der Waals surface area contributed by atoms with Gasteiger partial charge in [0, 0.05) is 26.1 Å². The standard InChI is InChI=1S/C17H23NO2/c1-20-8-7-18(12-13-5-3-2-4-6-13)17(19)16-10-14-9-15(14)11-16/h2-6,14-16H,7-12H2,1H3. The van der Waals surface area contributed by atoms with Gasteiger partial charge in [0.05, 0.1) is 6.61 Å². The number of carbonyl (C=O) groups is 1. The van der Waals surface area contributed by atoms with Crippen LogP contribution in [-0.4, -0.2) is 31.1 Å². The molecule has 2 fully saturated rings. The maximum absolute atomic E-state index is 12.7. The number of carbonyl (C=O) groups excluding carboxylic acids is 1. The zero-order valence-electron chi connectivity index (χ0n) is 12.1. The SMILES string of the molecule is COCCN(Cc1ccccc1)C(=O)C1CC2CC2C1. The topological polar surface area (TPSA) is 29.5 Å². The number of nitrogens with zero attached hydrogens (tertiary/aromatic N) is 1. The molecule has 1 amide bonds. The van der Waals surface area contributed by atoms with Gasteiger partial charge in [0.1, 0.15) is 0 Å². The van der Waals surface area contributed by atoms with Crippen molar-refractivity contribution in [3.63, 3.8) is 0 Å². The summed E-state index contributed by atoms with van der Waals surface area (Å²) in [6.45, 7) is 2.00. The molecule has 1 aromatic carbocycles. The fourth-order valence-corrected chi connectivity index (χ4v) is 3.45. The molecule has 1 aromatic rings. The summed E-state index contributed by atoms with van der Waals surface area (Å²) in [7, 11) is 1.69. The number of hydrogen-bond donors (Lipinski definition) is 0. The molecule has 0 N–H and O–H groups in total. The van der Waals surface area contributed by atoms with Crippen LogP contribution in [0.25, 0.3) is 0 Å². The maximum atomic E-state index is 12.7. The third-order valence-corrected chi connectivity index (χ3v) is 4.69. The van der Waals surface area contributed by atoms with Gasteiger partial charge < -0.3 is 9.64 Å². The maximum Gasteiger partial charge on any atom is 0.226 e. The Labute approximate surface area is 120 Å². The van der Waals surface area contributed by atoms with E-state index in [-0.39, 0.29) is 5.92 Å². The lowest BCUT2D eigenvalue weighted by Gasteiger charge is -2.26. The van der Waals surface area contributed by atoms with Crippen molar-refractivity contribution in [2.45, 2.75) is 25.8 Å². The van der Waals surface area contributed by atoms with E-state index in [0.717, 1.165) is 24.7 Å². The minimum absolute atomic E-state index is 0.263. The van der Waals surface area contributed by atoms with E-state index in [2.05, 4.69) is 12.1 Å². The van der Waals surface area contributed by atoms with Crippen molar-refractivity contribution >= 4 is 5.91 Å². The van der Waals surface area contributed by atoms with E-state index >= 15 is 0 Å². The number of hydrogen-bond acceptors (Lipinski definition) is 2. The van der Waals surface area contributed by atoms with Crippen LogP contribution in [0.4, 0.5) is 0 Å². The predicted octanol–water partition coefficient (Wildman–Crippen LogP) is 2.71. The fourth-order valence-electron chi connectivity index (χ4n) is 3.45. The first-order valence-electron chi connectivity index (χ1n) is 7.59. The van der Waals surface area contributed by atoms with Gasteiger partial charge in [-0.1, -0.05) is 30.3 Å². The molecular formula is C17H23NO2. The zero-order chi connectivity index (χ0) is 13.9. The number of rotatable bonds is 6. The summed E-state index contributed by atoms with van der Waals surface area (Å²) in [6, 6.07) is 10.2. The Morgan fingerprint density at radius 2 is 1.90 bits per heavy atom. The minimum atomic E-state index is 0.263. The number of amides is 1. The third kappa shape index (κ3) is 3.04. The smallest absolute Gasteiger partial charge is 0.226 e. The van der Waals surface area contributed by atoms with Crippen LogP contribution < -0.4 is 0 Å². The molecule has 0 heterocycles. The summed E-state index contributed by atoms with van der Waals surface area (Å²) < 4.78 is 5.16. The molecule has 2 aliphatic rings. The van der Waals surface area contributed by atoms with Gasteiger partial charge in [-0.05, 0) is 36.7 Å². The molecule has 0 saturated heterocycles. The molecule has 20 heavy (non-hydrogen) atoms. The van der Waals surface area contributed by atoms with Crippen LogP contribution in [0.1, 0.15) is 24.8 Å². The second kappa shape index (κ2) is 5.96. The van der Waals surface area contributed by atoms with E-state index in [1.165, 1.54) is 12.0 Å². The zero-order valence-corrected chi connectivity index (χ0v) is 12.1. The molecular weight excluding hydrogens is 250 g/mol. The lowest BCUT2D eigenvalue weighted by molar-refractivity contribution is -0.137. The highest BCUT2D eigenvalue weighted by Crippen LogP contribution is 2.54. The van der Waals surface area contributed by atoms with E-state index in [0.29, 0.717) is 25.6 Å². The van der Waals surface area contributed by atoms with Crippen molar-refractivity contribution in [2.24, 2.45) is 17.8 Å². The number of methoxy groups -OCH3 is 1. The Morgan fingerprint density at radius 1 is 1.20 bits per heavy atom. The van der Waals surface area contributed by atoms with Crippen LogP contribution in [-0.2, 0) is 16.1 Å². The molecule has 0 radical (unpaired) electrons. The van der Waals surface area contributed by atoms with Gasteiger partial charge in [-0.15, -0.1) is 0 Å². The fraction of sp³-hybridized carbons (Fsp3) is 0.588. The second-order valence-electron chi connectivity index (χ2n) is 6.16. The minimum Gasteiger partial charge on any atom is -0.383 e. The van der Waals surface area contributed by atoms with Crippen LogP contribution in [0.2, 0.25) is 0 Å². The lowest BCUT2D eigenvalue weighted by Crippen LogP contribution is -2.37. The molecule has 3 rings (SSSR count). The summed E-state index contributed by atoms with van der Waals surface area (Å²) in [5.74, 6) is 2.30. The van der Waals surface area contributed by atoms with Crippen molar-refractivity contribution in [3.8, 4) is 0 Å².